The molecular weight excluding hydrogens is 236 g/mol. The maximum Gasteiger partial charge on any atom is 0.260 e. The molecule has 2 rings (SSSR count). The van der Waals surface area contributed by atoms with Crippen LogP contribution in [0.15, 0.2) is 40.6 Å². The number of thiophene rings is 1. The topological polar surface area (TPSA) is 62.0 Å². The minimum absolute atomic E-state index is 0.0953. The van der Waals surface area contributed by atoms with Crippen molar-refractivity contribution in [2.75, 3.05) is 0 Å². The summed E-state index contributed by atoms with van der Waals surface area (Å²) in [5, 5.41) is 4.74. The Balaban J connectivity index is 2.13. The quantitative estimate of drug-likeness (QED) is 0.871. The third kappa shape index (κ3) is 2.62. The number of aromatic nitrogens is 1. The van der Waals surface area contributed by atoms with E-state index in [1.807, 2.05) is 24.4 Å². The summed E-state index contributed by atoms with van der Waals surface area (Å²) in [6, 6.07) is 6.92. The number of pyridine rings is 1. The van der Waals surface area contributed by atoms with Crippen molar-refractivity contribution >= 4 is 17.2 Å². The number of carbonyl (C=O) groups is 1. The molecule has 2 N–H and O–H groups in total. The molecule has 0 aliphatic carbocycles. The molecule has 2 aromatic rings. The summed E-state index contributed by atoms with van der Waals surface area (Å²) in [5.74, 6) is -0.354. The molecule has 0 saturated carbocycles. The first-order chi connectivity index (χ1) is 8.18. The van der Waals surface area contributed by atoms with Crippen LogP contribution in [0.5, 0.6) is 0 Å². The number of carbonyl (C=O) groups excluding carboxylic acids is 1. The third-order valence-electron chi connectivity index (χ3n) is 2.38. The lowest BCUT2D eigenvalue weighted by Gasteiger charge is -2.11. The van der Waals surface area contributed by atoms with Gasteiger partial charge in [0.1, 0.15) is 5.56 Å². The van der Waals surface area contributed by atoms with Crippen molar-refractivity contribution in [1.82, 2.24) is 10.3 Å². The van der Waals surface area contributed by atoms with Gasteiger partial charge in [0.2, 0.25) is 0 Å². The summed E-state index contributed by atoms with van der Waals surface area (Å²) in [4.78, 5) is 26.8. The van der Waals surface area contributed by atoms with E-state index in [2.05, 4.69) is 10.3 Å². The average molecular weight is 248 g/mol. The van der Waals surface area contributed by atoms with Crippen LogP contribution >= 0.6 is 11.3 Å². The van der Waals surface area contributed by atoms with Gasteiger partial charge >= 0.3 is 0 Å². The molecule has 88 valence electrons. The normalized spacial score (nSPS) is 12.1. The molecule has 0 aliphatic heterocycles. The highest BCUT2D eigenvalue weighted by Gasteiger charge is 2.14. The molecule has 4 nitrogen and oxygen atoms in total. The van der Waals surface area contributed by atoms with Gasteiger partial charge in [0.25, 0.3) is 11.5 Å². The number of hydrogen-bond donors (Lipinski definition) is 2. The molecule has 1 unspecified atom stereocenters. The van der Waals surface area contributed by atoms with Crippen molar-refractivity contribution < 1.29 is 4.79 Å². The summed E-state index contributed by atoms with van der Waals surface area (Å²) in [7, 11) is 0. The van der Waals surface area contributed by atoms with Gasteiger partial charge in [-0.3, -0.25) is 9.59 Å². The monoisotopic (exact) mass is 248 g/mol. The van der Waals surface area contributed by atoms with Crippen molar-refractivity contribution in [3.8, 4) is 0 Å². The highest BCUT2D eigenvalue weighted by Crippen LogP contribution is 2.18. The summed E-state index contributed by atoms with van der Waals surface area (Å²) in [5.41, 5.74) is -0.237. The van der Waals surface area contributed by atoms with E-state index >= 15 is 0 Å². The van der Waals surface area contributed by atoms with Crippen LogP contribution in [0.4, 0.5) is 0 Å². The van der Waals surface area contributed by atoms with Crippen LogP contribution in [0, 0.1) is 0 Å². The number of nitrogens with one attached hydrogen (secondary N) is 2. The van der Waals surface area contributed by atoms with Gasteiger partial charge in [-0.15, -0.1) is 11.3 Å². The molecule has 17 heavy (non-hydrogen) atoms. The second-order valence-electron chi connectivity index (χ2n) is 3.62. The maximum absolute atomic E-state index is 11.8. The van der Waals surface area contributed by atoms with Gasteiger partial charge in [0.05, 0.1) is 6.04 Å². The minimum atomic E-state index is -0.372. The van der Waals surface area contributed by atoms with Crippen LogP contribution in [-0.2, 0) is 0 Å². The summed E-state index contributed by atoms with van der Waals surface area (Å²) in [6.07, 6.45) is 1.50. The standard InChI is InChI=1S/C12H12N2O2S/c1-8(10-5-3-7-17-10)14-12(16)9-4-2-6-13-11(9)15/h2-8H,1H3,(H,13,15)(H,14,16). The average Bonchev–Trinajstić information content (AvgIpc) is 2.82. The Kier molecular flexibility index (Phi) is 3.39. The SMILES string of the molecule is CC(NC(=O)c1ccc[nH]c1=O)c1cccs1. The Bertz CT molecular complexity index is 560. The van der Waals surface area contributed by atoms with Gasteiger partial charge < -0.3 is 10.3 Å². The van der Waals surface area contributed by atoms with Crippen LogP contribution in [0.3, 0.4) is 0 Å². The highest BCUT2D eigenvalue weighted by molar-refractivity contribution is 7.10. The second kappa shape index (κ2) is 4.97. The lowest BCUT2D eigenvalue weighted by Crippen LogP contribution is -2.31. The summed E-state index contributed by atoms with van der Waals surface area (Å²) >= 11 is 1.57. The van der Waals surface area contributed by atoms with Crippen molar-refractivity contribution in [3.05, 3.63) is 56.6 Å². The van der Waals surface area contributed by atoms with Gasteiger partial charge in [-0.1, -0.05) is 6.07 Å². The molecule has 0 spiro atoms. The van der Waals surface area contributed by atoms with Crippen LogP contribution in [0.1, 0.15) is 28.2 Å². The summed E-state index contributed by atoms with van der Waals surface area (Å²) < 4.78 is 0. The molecular formula is C12H12N2O2S. The van der Waals surface area contributed by atoms with E-state index in [1.165, 1.54) is 12.3 Å². The van der Waals surface area contributed by atoms with Gasteiger partial charge in [-0.05, 0) is 30.5 Å². The second-order valence-corrected chi connectivity index (χ2v) is 4.60. The van der Waals surface area contributed by atoms with E-state index < -0.39 is 0 Å². The Labute approximate surface area is 102 Å². The van der Waals surface area contributed by atoms with Crippen LogP contribution < -0.4 is 10.9 Å². The number of aromatic amines is 1. The predicted molar refractivity (Wildman–Crippen MR) is 67.3 cm³/mol. The zero-order valence-electron chi connectivity index (χ0n) is 9.27. The first kappa shape index (κ1) is 11.6. The Hall–Kier alpha value is -1.88. The van der Waals surface area contributed by atoms with E-state index in [9.17, 15) is 9.59 Å². The van der Waals surface area contributed by atoms with Crippen molar-refractivity contribution in [3.63, 3.8) is 0 Å². The number of hydrogen-bond acceptors (Lipinski definition) is 3. The molecule has 2 heterocycles. The largest absolute Gasteiger partial charge is 0.345 e. The lowest BCUT2D eigenvalue weighted by atomic mass is 10.2. The third-order valence-corrected chi connectivity index (χ3v) is 3.44. The molecule has 0 bridgehead atoms. The Morgan fingerprint density at radius 2 is 2.24 bits per heavy atom. The van der Waals surface area contributed by atoms with Gasteiger partial charge in [-0.2, -0.15) is 0 Å². The maximum atomic E-state index is 11.8. The molecule has 0 radical (unpaired) electrons. The van der Waals surface area contributed by atoms with Gasteiger partial charge in [-0.25, -0.2) is 0 Å². The molecule has 0 aliphatic rings. The fourth-order valence-corrected chi connectivity index (χ4v) is 2.22. The predicted octanol–water partition coefficient (Wildman–Crippen LogP) is 1.93. The molecule has 0 fully saturated rings. The van der Waals surface area contributed by atoms with Crippen LogP contribution in [0.2, 0.25) is 0 Å². The Morgan fingerprint density at radius 1 is 1.41 bits per heavy atom. The Morgan fingerprint density at radius 3 is 2.88 bits per heavy atom. The first-order valence-electron chi connectivity index (χ1n) is 5.20. The minimum Gasteiger partial charge on any atom is -0.345 e. The van der Waals surface area contributed by atoms with E-state index in [1.54, 1.807) is 17.4 Å². The van der Waals surface area contributed by atoms with Gasteiger partial charge in [0.15, 0.2) is 0 Å². The first-order valence-corrected chi connectivity index (χ1v) is 6.08. The molecule has 1 amide bonds. The van der Waals surface area contributed by atoms with E-state index in [0.717, 1.165) is 4.88 Å². The van der Waals surface area contributed by atoms with Gasteiger partial charge in [0, 0.05) is 11.1 Å². The van der Waals surface area contributed by atoms with E-state index in [0.29, 0.717) is 0 Å². The van der Waals surface area contributed by atoms with Crippen LogP contribution in [0.25, 0.3) is 0 Å². The van der Waals surface area contributed by atoms with Crippen LogP contribution in [-0.4, -0.2) is 10.9 Å². The highest BCUT2D eigenvalue weighted by atomic mass is 32.1. The van der Waals surface area contributed by atoms with E-state index in [-0.39, 0.29) is 23.1 Å². The molecule has 2 aromatic heterocycles. The molecule has 1 atom stereocenters. The number of rotatable bonds is 3. The smallest absolute Gasteiger partial charge is 0.260 e. The number of amides is 1. The van der Waals surface area contributed by atoms with E-state index in [4.69, 9.17) is 0 Å². The van der Waals surface area contributed by atoms with Crippen molar-refractivity contribution in [2.45, 2.75) is 13.0 Å². The van der Waals surface area contributed by atoms with Crippen molar-refractivity contribution in [2.24, 2.45) is 0 Å². The molecule has 5 heteroatoms. The zero-order chi connectivity index (χ0) is 12.3. The molecule has 0 aromatic carbocycles. The fourth-order valence-electron chi connectivity index (χ4n) is 1.48. The van der Waals surface area contributed by atoms with Crippen molar-refractivity contribution in [1.29, 1.82) is 0 Å². The lowest BCUT2D eigenvalue weighted by molar-refractivity contribution is 0.0939. The fraction of sp³-hybridized carbons (Fsp3) is 0.167. The number of H-pyrrole nitrogens is 1. The molecule has 0 saturated heterocycles. The zero-order valence-corrected chi connectivity index (χ0v) is 10.1. The summed E-state index contributed by atoms with van der Waals surface area (Å²) in [6.45, 7) is 1.89.